The monoisotopic (exact) mass is 265 g/mol. The first-order chi connectivity index (χ1) is 8.63. The predicted octanol–water partition coefficient (Wildman–Crippen LogP) is 3.00. The third-order valence-electron chi connectivity index (χ3n) is 3.03. The number of thiophene rings is 1. The fraction of sp³-hybridized carbons (Fsp3) is 0.538. The summed E-state index contributed by atoms with van der Waals surface area (Å²) in [6, 6.07) is 0. The minimum atomic E-state index is 0.458. The summed E-state index contributed by atoms with van der Waals surface area (Å²) in [6.07, 6.45) is 1.63. The molecule has 0 aliphatic carbocycles. The van der Waals surface area contributed by atoms with Crippen LogP contribution in [-0.4, -0.2) is 30.2 Å². The van der Waals surface area contributed by atoms with E-state index in [0.717, 1.165) is 29.2 Å². The average molecular weight is 265 g/mol. The molecule has 5 heteroatoms. The summed E-state index contributed by atoms with van der Waals surface area (Å²) in [7, 11) is 1.73. The molecule has 0 amide bonds. The molecule has 0 bridgehead atoms. The van der Waals surface area contributed by atoms with E-state index in [0.29, 0.717) is 5.92 Å². The van der Waals surface area contributed by atoms with Crippen molar-refractivity contribution < 1.29 is 4.74 Å². The number of rotatable bonds is 5. The van der Waals surface area contributed by atoms with Crippen LogP contribution in [-0.2, 0) is 4.74 Å². The van der Waals surface area contributed by atoms with Crippen molar-refractivity contribution in [2.75, 3.05) is 25.6 Å². The summed E-state index contributed by atoms with van der Waals surface area (Å²) >= 11 is 1.72. The Labute approximate surface area is 111 Å². The van der Waals surface area contributed by atoms with Crippen molar-refractivity contribution in [3.05, 3.63) is 16.8 Å². The van der Waals surface area contributed by atoms with E-state index >= 15 is 0 Å². The number of hydrogen-bond donors (Lipinski definition) is 1. The second kappa shape index (κ2) is 5.63. The van der Waals surface area contributed by atoms with E-state index in [1.807, 2.05) is 0 Å². The van der Waals surface area contributed by atoms with Crippen molar-refractivity contribution in [3.63, 3.8) is 0 Å². The first-order valence-electron chi connectivity index (χ1n) is 6.07. The lowest BCUT2D eigenvalue weighted by Crippen LogP contribution is -2.16. The molecule has 0 aromatic carbocycles. The lowest BCUT2D eigenvalue weighted by molar-refractivity contribution is 0.164. The van der Waals surface area contributed by atoms with Crippen molar-refractivity contribution in [2.24, 2.45) is 5.92 Å². The van der Waals surface area contributed by atoms with Crippen molar-refractivity contribution in [2.45, 2.75) is 20.8 Å². The van der Waals surface area contributed by atoms with Crippen LogP contribution in [0.2, 0.25) is 0 Å². The summed E-state index contributed by atoms with van der Waals surface area (Å²) in [4.78, 5) is 11.0. The van der Waals surface area contributed by atoms with Gasteiger partial charge in [0.15, 0.2) is 0 Å². The molecule has 0 fully saturated rings. The molecular formula is C13H19N3OS. The zero-order valence-electron chi connectivity index (χ0n) is 11.3. The predicted molar refractivity (Wildman–Crippen MR) is 76.4 cm³/mol. The molecule has 2 rings (SSSR count). The third-order valence-corrected chi connectivity index (χ3v) is 4.15. The maximum atomic E-state index is 5.14. The number of nitrogens with one attached hydrogen (secondary N) is 1. The maximum absolute atomic E-state index is 5.14. The maximum Gasteiger partial charge on any atom is 0.138 e. The van der Waals surface area contributed by atoms with E-state index in [-0.39, 0.29) is 0 Å². The van der Waals surface area contributed by atoms with Crippen LogP contribution in [0.25, 0.3) is 10.2 Å². The van der Waals surface area contributed by atoms with E-state index in [9.17, 15) is 0 Å². The molecule has 2 aromatic heterocycles. The number of methoxy groups -OCH3 is 1. The fourth-order valence-corrected chi connectivity index (χ4v) is 2.93. The lowest BCUT2D eigenvalue weighted by Gasteiger charge is -2.12. The quantitative estimate of drug-likeness (QED) is 0.902. The van der Waals surface area contributed by atoms with Crippen molar-refractivity contribution in [1.82, 2.24) is 9.97 Å². The van der Waals surface area contributed by atoms with Gasteiger partial charge in [-0.3, -0.25) is 0 Å². The second-order valence-electron chi connectivity index (χ2n) is 4.63. The highest BCUT2D eigenvalue weighted by Crippen LogP contribution is 2.32. The summed E-state index contributed by atoms with van der Waals surface area (Å²) < 4.78 is 5.14. The van der Waals surface area contributed by atoms with Gasteiger partial charge in [-0.25, -0.2) is 9.97 Å². The number of fused-ring (bicyclic) bond motifs is 1. The van der Waals surface area contributed by atoms with Gasteiger partial charge in [0.2, 0.25) is 0 Å². The van der Waals surface area contributed by atoms with Gasteiger partial charge in [0.05, 0.1) is 12.0 Å². The minimum absolute atomic E-state index is 0.458. The molecule has 98 valence electrons. The van der Waals surface area contributed by atoms with E-state index in [4.69, 9.17) is 4.74 Å². The molecule has 2 aromatic rings. The van der Waals surface area contributed by atoms with Gasteiger partial charge in [-0.15, -0.1) is 11.3 Å². The Morgan fingerprint density at radius 3 is 2.89 bits per heavy atom. The molecule has 0 aliphatic heterocycles. The van der Waals surface area contributed by atoms with E-state index < -0.39 is 0 Å². The summed E-state index contributed by atoms with van der Waals surface area (Å²) in [5.41, 5.74) is 1.28. The average Bonchev–Trinajstić information content (AvgIpc) is 2.64. The first kappa shape index (κ1) is 13.2. The smallest absolute Gasteiger partial charge is 0.138 e. The number of hydrogen-bond acceptors (Lipinski definition) is 5. The number of ether oxygens (including phenoxy) is 1. The Morgan fingerprint density at radius 1 is 1.39 bits per heavy atom. The third kappa shape index (κ3) is 2.62. The van der Waals surface area contributed by atoms with Crippen molar-refractivity contribution >= 4 is 27.4 Å². The van der Waals surface area contributed by atoms with Crippen molar-refractivity contribution in [1.29, 1.82) is 0 Å². The fourth-order valence-electron chi connectivity index (χ4n) is 1.93. The minimum Gasteiger partial charge on any atom is -0.384 e. The normalized spacial score (nSPS) is 12.9. The molecule has 0 spiro atoms. The van der Waals surface area contributed by atoms with Gasteiger partial charge in [0.1, 0.15) is 17.0 Å². The van der Waals surface area contributed by atoms with Gasteiger partial charge in [-0.1, -0.05) is 6.92 Å². The highest BCUT2D eigenvalue weighted by Gasteiger charge is 2.12. The SMILES string of the molecule is COCC(C)CNc1ncnc2sc(C)c(C)c12. The van der Waals surface area contributed by atoms with Crippen LogP contribution in [0.1, 0.15) is 17.4 Å². The van der Waals surface area contributed by atoms with Crippen LogP contribution in [0.15, 0.2) is 6.33 Å². The van der Waals surface area contributed by atoms with Gasteiger partial charge in [0.25, 0.3) is 0 Å². The summed E-state index contributed by atoms with van der Waals surface area (Å²) in [6.45, 7) is 8.01. The number of aryl methyl sites for hydroxylation is 2. The van der Waals surface area contributed by atoms with E-state index in [1.165, 1.54) is 10.4 Å². The molecule has 1 N–H and O–H groups in total. The van der Waals surface area contributed by atoms with Crippen molar-refractivity contribution in [3.8, 4) is 0 Å². The Kier molecular flexibility index (Phi) is 4.14. The number of nitrogens with zero attached hydrogens (tertiary/aromatic N) is 2. The Hall–Kier alpha value is -1.20. The van der Waals surface area contributed by atoms with E-state index in [2.05, 4.69) is 36.1 Å². The van der Waals surface area contributed by atoms with Crippen LogP contribution in [0.3, 0.4) is 0 Å². The van der Waals surface area contributed by atoms with Crippen LogP contribution in [0.5, 0.6) is 0 Å². The Morgan fingerprint density at radius 2 is 2.17 bits per heavy atom. The van der Waals surface area contributed by atoms with E-state index in [1.54, 1.807) is 24.8 Å². The molecule has 0 aliphatic rings. The summed E-state index contributed by atoms with van der Waals surface area (Å²) in [5, 5.41) is 4.56. The van der Waals surface area contributed by atoms with Crippen LogP contribution in [0.4, 0.5) is 5.82 Å². The lowest BCUT2D eigenvalue weighted by atomic mass is 10.2. The van der Waals surface area contributed by atoms with Gasteiger partial charge >= 0.3 is 0 Å². The van der Waals surface area contributed by atoms with Gasteiger partial charge in [0, 0.05) is 18.5 Å². The van der Waals surface area contributed by atoms with Gasteiger partial charge in [-0.05, 0) is 25.3 Å². The first-order valence-corrected chi connectivity index (χ1v) is 6.88. The largest absolute Gasteiger partial charge is 0.384 e. The van der Waals surface area contributed by atoms with Crippen LogP contribution >= 0.6 is 11.3 Å². The molecule has 1 unspecified atom stereocenters. The van der Waals surface area contributed by atoms with Gasteiger partial charge < -0.3 is 10.1 Å². The highest BCUT2D eigenvalue weighted by molar-refractivity contribution is 7.18. The topological polar surface area (TPSA) is 47.0 Å². The second-order valence-corrected chi connectivity index (χ2v) is 5.83. The van der Waals surface area contributed by atoms with Gasteiger partial charge in [-0.2, -0.15) is 0 Å². The molecule has 18 heavy (non-hydrogen) atoms. The molecule has 0 saturated carbocycles. The van der Waals surface area contributed by atoms with Crippen LogP contribution < -0.4 is 5.32 Å². The molecule has 4 nitrogen and oxygen atoms in total. The summed E-state index contributed by atoms with van der Waals surface area (Å²) in [5.74, 6) is 1.39. The Balaban J connectivity index is 2.23. The molecule has 1 atom stereocenters. The zero-order valence-corrected chi connectivity index (χ0v) is 12.1. The number of anilines is 1. The molecule has 0 saturated heterocycles. The number of aromatic nitrogens is 2. The standard InChI is InChI=1S/C13H19N3OS/c1-8(6-17-4)5-14-12-11-9(2)10(3)18-13(11)16-7-15-12/h7-8H,5-6H2,1-4H3,(H,14,15,16). The molecule has 2 heterocycles. The molecule has 0 radical (unpaired) electrons. The Bertz CT molecular complexity index is 538. The van der Waals surface area contributed by atoms with Crippen LogP contribution in [0, 0.1) is 19.8 Å². The zero-order chi connectivity index (χ0) is 13.1. The molecular weight excluding hydrogens is 246 g/mol. The highest BCUT2D eigenvalue weighted by atomic mass is 32.1.